The highest BCUT2D eigenvalue weighted by molar-refractivity contribution is 7.81. The van der Waals surface area contributed by atoms with Crippen LogP contribution in [0, 0.1) is 0 Å². The van der Waals surface area contributed by atoms with E-state index < -0.39 is 0 Å². The summed E-state index contributed by atoms with van der Waals surface area (Å²) in [6.07, 6.45) is 2.68. The molecule has 3 aromatic carbocycles. The van der Waals surface area contributed by atoms with Gasteiger partial charge in [0.15, 0.2) is 0 Å². The maximum atomic E-state index is 12.7. The molecule has 0 heterocycles. The molecule has 0 spiro atoms. The van der Waals surface area contributed by atoms with Gasteiger partial charge in [-0.3, -0.25) is 9.59 Å². The Morgan fingerprint density at radius 3 is 1.84 bits per heavy atom. The molecule has 0 fully saturated rings. The lowest BCUT2D eigenvalue weighted by Gasteiger charge is -2.25. The van der Waals surface area contributed by atoms with E-state index in [9.17, 15) is 9.59 Å². The van der Waals surface area contributed by atoms with Crippen molar-refractivity contribution in [1.82, 2.24) is 10.6 Å². The largest absolute Gasteiger partial charge is 0.355 e. The van der Waals surface area contributed by atoms with E-state index >= 15 is 0 Å². The second-order valence-electron chi connectivity index (χ2n) is 7.38. The first-order valence-electron chi connectivity index (χ1n) is 10.8. The number of thiol groups is 1. The van der Waals surface area contributed by atoms with E-state index in [1.165, 1.54) is 0 Å². The van der Waals surface area contributed by atoms with Crippen LogP contribution in [-0.2, 0) is 4.79 Å². The molecule has 3 rings (SSSR count). The second-order valence-corrected chi connectivity index (χ2v) is 7.70. The topological polar surface area (TPSA) is 61.4 Å². The van der Waals surface area contributed by atoms with E-state index in [4.69, 9.17) is 0 Å². The van der Waals surface area contributed by atoms with Crippen molar-refractivity contribution in [1.29, 1.82) is 0 Å². The van der Waals surface area contributed by atoms with Crippen LogP contribution in [-0.4, -0.2) is 30.7 Å². The number of hydrogen-bond donors (Lipinski definition) is 3. The molecule has 0 saturated carbocycles. The average Bonchev–Trinajstić information content (AvgIpc) is 2.85. The Morgan fingerprint density at radius 1 is 0.688 bits per heavy atom. The van der Waals surface area contributed by atoms with Crippen LogP contribution < -0.4 is 15.5 Å². The zero-order valence-electron chi connectivity index (χ0n) is 18.0. The van der Waals surface area contributed by atoms with Crippen molar-refractivity contribution in [3.8, 4) is 0 Å². The number of anilines is 3. The van der Waals surface area contributed by atoms with Crippen LogP contribution in [0.25, 0.3) is 0 Å². The fourth-order valence-electron chi connectivity index (χ4n) is 3.40. The van der Waals surface area contributed by atoms with Crippen LogP contribution in [0.5, 0.6) is 0 Å². The van der Waals surface area contributed by atoms with E-state index in [1.807, 2.05) is 60.7 Å². The summed E-state index contributed by atoms with van der Waals surface area (Å²) in [4.78, 5) is 26.0. The Kier molecular flexibility index (Phi) is 9.20. The van der Waals surface area contributed by atoms with Gasteiger partial charge in [0.05, 0.1) is 5.75 Å². The summed E-state index contributed by atoms with van der Waals surface area (Å²) < 4.78 is 0. The number of amides is 2. The van der Waals surface area contributed by atoms with E-state index in [1.54, 1.807) is 0 Å². The molecule has 0 aliphatic carbocycles. The Labute approximate surface area is 195 Å². The fourth-order valence-corrected chi connectivity index (χ4v) is 3.51. The smallest absolute Gasteiger partial charge is 0.251 e. The number of nitrogens with one attached hydrogen (secondary N) is 2. The number of unbranched alkanes of at least 4 members (excludes halogenated alkanes) is 2. The summed E-state index contributed by atoms with van der Waals surface area (Å²) in [7, 11) is 0. The standard InChI is InChI=1S/C26H29N3O2S/c30-25(20-32)27-17-8-3-9-18-28-26(31)21-11-10-16-24(19-21)29(22-12-4-1-5-13-22)23-14-6-2-7-15-23/h1-2,4-7,10-16,19,32H,3,8-9,17-18,20H2,(H,27,30)(H,28,31). The number of para-hydroxylation sites is 2. The van der Waals surface area contributed by atoms with Crippen LogP contribution >= 0.6 is 12.6 Å². The van der Waals surface area contributed by atoms with Crippen molar-refractivity contribution in [3.63, 3.8) is 0 Å². The van der Waals surface area contributed by atoms with Gasteiger partial charge in [0.1, 0.15) is 0 Å². The molecule has 3 aromatic rings. The molecule has 32 heavy (non-hydrogen) atoms. The number of hydrogen-bond acceptors (Lipinski definition) is 4. The van der Waals surface area contributed by atoms with Gasteiger partial charge in [-0.25, -0.2) is 0 Å². The van der Waals surface area contributed by atoms with Crippen molar-refractivity contribution < 1.29 is 9.59 Å². The summed E-state index contributed by atoms with van der Waals surface area (Å²) in [5.41, 5.74) is 3.61. The van der Waals surface area contributed by atoms with E-state index in [0.29, 0.717) is 18.7 Å². The zero-order valence-corrected chi connectivity index (χ0v) is 18.9. The number of carbonyl (C=O) groups is 2. The lowest BCUT2D eigenvalue weighted by molar-refractivity contribution is -0.118. The molecule has 5 nitrogen and oxygen atoms in total. The molecular formula is C26H29N3O2S. The van der Waals surface area contributed by atoms with Crippen molar-refractivity contribution in [3.05, 3.63) is 90.5 Å². The number of benzene rings is 3. The molecule has 6 heteroatoms. The first-order chi connectivity index (χ1) is 15.7. The van der Waals surface area contributed by atoms with Gasteiger partial charge in [0, 0.05) is 35.7 Å². The lowest BCUT2D eigenvalue weighted by Crippen LogP contribution is -2.26. The van der Waals surface area contributed by atoms with Crippen molar-refractivity contribution in [2.45, 2.75) is 19.3 Å². The predicted octanol–water partition coefficient (Wildman–Crippen LogP) is 5.10. The molecule has 2 amide bonds. The van der Waals surface area contributed by atoms with E-state index in [2.05, 4.69) is 52.4 Å². The molecular weight excluding hydrogens is 418 g/mol. The molecule has 166 valence electrons. The van der Waals surface area contributed by atoms with Gasteiger partial charge < -0.3 is 15.5 Å². The molecule has 0 unspecified atom stereocenters. The van der Waals surface area contributed by atoms with Crippen LogP contribution in [0.3, 0.4) is 0 Å². The van der Waals surface area contributed by atoms with Crippen LogP contribution in [0.4, 0.5) is 17.1 Å². The quantitative estimate of drug-likeness (QED) is 0.283. The maximum Gasteiger partial charge on any atom is 0.251 e. The van der Waals surface area contributed by atoms with Gasteiger partial charge in [-0.05, 0) is 61.7 Å². The first kappa shape index (κ1) is 23.4. The van der Waals surface area contributed by atoms with Crippen molar-refractivity contribution in [2.75, 3.05) is 23.7 Å². The first-order valence-corrected chi connectivity index (χ1v) is 11.5. The van der Waals surface area contributed by atoms with Gasteiger partial charge in [-0.1, -0.05) is 42.5 Å². The Bertz CT molecular complexity index is 957. The Morgan fingerprint density at radius 2 is 1.25 bits per heavy atom. The van der Waals surface area contributed by atoms with E-state index in [0.717, 1.165) is 36.3 Å². The summed E-state index contributed by atoms with van der Waals surface area (Å²) in [5.74, 6) is 0.0686. The highest BCUT2D eigenvalue weighted by Gasteiger charge is 2.14. The van der Waals surface area contributed by atoms with Gasteiger partial charge in [0.25, 0.3) is 5.91 Å². The summed E-state index contributed by atoms with van der Waals surface area (Å²) >= 11 is 3.93. The number of rotatable bonds is 11. The maximum absolute atomic E-state index is 12.7. The van der Waals surface area contributed by atoms with Crippen molar-refractivity contribution in [2.24, 2.45) is 0 Å². The fraction of sp³-hybridized carbons (Fsp3) is 0.231. The molecule has 2 N–H and O–H groups in total. The Hall–Kier alpha value is -3.25. The summed E-state index contributed by atoms with van der Waals surface area (Å²) in [6, 6.07) is 27.9. The number of carbonyl (C=O) groups excluding carboxylic acids is 2. The van der Waals surface area contributed by atoms with E-state index in [-0.39, 0.29) is 17.6 Å². The molecule has 0 aliphatic heterocycles. The monoisotopic (exact) mass is 447 g/mol. The minimum absolute atomic E-state index is 0.0541. The third-order valence-corrected chi connectivity index (χ3v) is 5.29. The lowest BCUT2D eigenvalue weighted by atomic mass is 10.1. The third-order valence-electron chi connectivity index (χ3n) is 5.00. The summed E-state index contributed by atoms with van der Waals surface area (Å²) in [6.45, 7) is 1.24. The van der Waals surface area contributed by atoms with Crippen LogP contribution in [0.2, 0.25) is 0 Å². The highest BCUT2D eigenvalue weighted by Crippen LogP contribution is 2.34. The minimum atomic E-state index is -0.0868. The molecule has 0 aliphatic rings. The normalized spacial score (nSPS) is 10.4. The molecule has 0 aromatic heterocycles. The summed E-state index contributed by atoms with van der Waals surface area (Å²) in [5, 5.41) is 5.79. The molecule has 0 radical (unpaired) electrons. The zero-order chi connectivity index (χ0) is 22.6. The third kappa shape index (κ3) is 6.89. The second kappa shape index (κ2) is 12.6. The van der Waals surface area contributed by atoms with Gasteiger partial charge in [-0.2, -0.15) is 12.6 Å². The predicted molar refractivity (Wildman–Crippen MR) is 134 cm³/mol. The van der Waals surface area contributed by atoms with Gasteiger partial charge >= 0.3 is 0 Å². The van der Waals surface area contributed by atoms with Crippen LogP contribution in [0.1, 0.15) is 29.6 Å². The van der Waals surface area contributed by atoms with Gasteiger partial charge in [0.2, 0.25) is 5.91 Å². The molecule has 0 saturated heterocycles. The average molecular weight is 448 g/mol. The van der Waals surface area contributed by atoms with Crippen LogP contribution in [0.15, 0.2) is 84.9 Å². The van der Waals surface area contributed by atoms with Crippen molar-refractivity contribution >= 4 is 41.5 Å². The SMILES string of the molecule is O=C(CS)NCCCCCNC(=O)c1cccc(N(c2ccccc2)c2ccccc2)c1. The molecule has 0 bridgehead atoms. The minimum Gasteiger partial charge on any atom is -0.355 e. The van der Waals surface area contributed by atoms with Gasteiger partial charge in [-0.15, -0.1) is 0 Å². The highest BCUT2D eigenvalue weighted by atomic mass is 32.1. The Balaban J connectivity index is 1.62. The number of nitrogens with zero attached hydrogens (tertiary/aromatic N) is 1. The molecule has 0 atom stereocenters.